The van der Waals surface area contributed by atoms with Crippen molar-refractivity contribution in [1.29, 1.82) is 0 Å². The Morgan fingerprint density at radius 2 is 2.40 bits per heavy atom. The average Bonchev–Trinajstić information content (AvgIpc) is 2.30. The summed E-state index contributed by atoms with van der Waals surface area (Å²) in [5.74, 6) is 0.945. The van der Waals surface area contributed by atoms with Gasteiger partial charge in [0, 0.05) is 25.5 Å². The Morgan fingerprint density at radius 1 is 1.53 bits per heavy atom. The van der Waals surface area contributed by atoms with Crippen LogP contribution in [0.15, 0.2) is 18.6 Å². The van der Waals surface area contributed by atoms with Gasteiger partial charge in [0.25, 0.3) is 0 Å². The molecule has 0 spiro atoms. The standard InChI is InChI=1S/C11H17N3O/c1-3-11(2)9-14(6-7-15-11)10-8-12-4-5-13-10/h4-5,8H,3,6-7,9H2,1-2H3. The molecule has 1 atom stereocenters. The number of aromatic nitrogens is 2. The van der Waals surface area contributed by atoms with Gasteiger partial charge in [0.15, 0.2) is 0 Å². The van der Waals surface area contributed by atoms with E-state index in [1.807, 2.05) is 0 Å². The molecule has 1 unspecified atom stereocenters. The highest BCUT2D eigenvalue weighted by Crippen LogP contribution is 2.23. The summed E-state index contributed by atoms with van der Waals surface area (Å²) in [5.41, 5.74) is -0.0459. The van der Waals surface area contributed by atoms with Crippen LogP contribution in [0.25, 0.3) is 0 Å². The molecule has 1 aromatic rings. The van der Waals surface area contributed by atoms with Gasteiger partial charge in [-0.05, 0) is 13.3 Å². The van der Waals surface area contributed by atoms with Crippen molar-refractivity contribution in [2.45, 2.75) is 25.9 Å². The molecule has 0 amide bonds. The number of hydrogen-bond donors (Lipinski definition) is 0. The highest BCUT2D eigenvalue weighted by molar-refractivity contribution is 5.36. The zero-order valence-electron chi connectivity index (χ0n) is 9.31. The summed E-state index contributed by atoms with van der Waals surface area (Å²) < 4.78 is 5.78. The van der Waals surface area contributed by atoms with Crippen molar-refractivity contribution in [3.63, 3.8) is 0 Å². The van der Waals surface area contributed by atoms with Crippen LogP contribution in [0.3, 0.4) is 0 Å². The summed E-state index contributed by atoms with van der Waals surface area (Å²) in [5, 5.41) is 0. The molecule has 0 N–H and O–H groups in total. The van der Waals surface area contributed by atoms with Gasteiger partial charge < -0.3 is 9.64 Å². The fourth-order valence-corrected chi connectivity index (χ4v) is 1.79. The maximum atomic E-state index is 5.78. The molecule has 4 heteroatoms. The van der Waals surface area contributed by atoms with E-state index in [0.29, 0.717) is 0 Å². The fourth-order valence-electron chi connectivity index (χ4n) is 1.79. The minimum Gasteiger partial charge on any atom is -0.372 e. The van der Waals surface area contributed by atoms with Gasteiger partial charge in [-0.15, -0.1) is 0 Å². The molecular weight excluding hydrogens is 190 g/mol. The van der Waals surface area contributed by atoms with Crippen molar-refractivity contribution in [3.05, 3.63) is 18.6 Å². The summed E-state index contributed by atoms with van der Waals surface area (Å²) in [6, 6.07) is 0. The predicted octanol–water partition coefficient (Wildman–Crippen LogP) is 1.48. The Hall–Kier alpha value is -1.16. The summed E-state index contributed by atoms with van der Waals surface area (Å²) in [6.07, 6.45) is 6.25. The second-order valence-electron chi connectivity index (χ2n) is 4.14. The SMILES string of the molecule is CCC1(C)CN(c2cnccn2)CCO1. The molecule has 82 valence electrons. The third-order valence-electron chi connectivity index (χ3n) is 2.96. The van der Waals surface area contributed by atoms with Gasteiger partial charge in [0.05, 0.1) is 18.4 Å². The third-order valence-corrected chi connectivity index (χ3v) is 2.96. The number of ether oxygens (including phenoxy) is 1. The van der Waals surface area contributed by atoms with E-state index in [1.54, 1.807) is 18.6 Å². The van der Waals surface area contributed by atoms with Crippen LogP contribution in [-0.4, -0.2) is 35.3 Å². The number of hydrogen-bond acceptors (Lipinski definition) is 4. The van der Waals surface area contributed by atoms with Crippen LogP contribution in [0, 0.1) is 0 Å². The molecule has 1 aliphatic rings. The molecule has 0 aromatic carbocycles. The maximum absolute atomic E-state index is 5.78. The van der Waals surface area contributed by atoms with Gasteiger partial charge in [-0.1, -0.05) is 6.92 Å². The fraction of sp³-hybridized carbons (Fsp3) is 0.636. The summed E-state index contributed by atoms with van der Waals surface area (Å²) >= 11 is 0. The van der Waals surface area contributed by atoms with Crippen molar-refractivity contribution in [1.82, 2.24) is 9.97 Å². The van der Waals surface area contributed by atoms with E-state index < -0.39 is 0 Å². The van der Waals surface area contributed by atoms with E-state index >= 15 is 0 Å². The molecule has 1 saturated heterocycles. The molecule has 0 radical (unpaired) electrons. The monoisotopic (exact) mass is 207 g/mol. The molecule has 1 fully saturated rings. The van der Waals surface area contributed by atoms with Crippen molar-refractivity contribution < 1.29 is 4.74 Å². The zero-order chi connectivity index (χ0) is 10.7. The lowest BCUT2D eigenvalue weighted by atomic mass is 10.0. The summed E-state index contributed by atoms with van der Waals surface area (Å²) in [7, 11) is 0. The van der Waals surface area contributed by atoms with Crippen molar-refractivity contribution in [3.8, 4) is 0 Å². The van der Waals surface area contributed by atoms with Gasteiger partial charge in [0.1, 0.15) is 5.82 Å². The van der Waals surface area contributed by atoms with E-state index in [0.717, 1.165) is 31.9 Å². The molecule has 0 bridgehead atoms. The van der Waals surface area contributed by atoms with Crippen LogP contribution in [0.2, 0.25) is 0 Å². The average molecular weight is 207 g/mol. The Morgan fingerprint density at radius 3 is 3.07 bits per heavy atom. The first-order valence-electron chi connectivity index (χ1n) is 5.38. The molecule has 15 heavy (non-hydrogen) atoms. The lowest BCUT2D eigenvalue weighted by molar-refractivity contribution is -0.0443. The van der Waals surface area contributed by atoms with Crippen molar-refractivity contribution in [2.24, 2.45) is 0 Å². The number of anilines is 1. The van der Waals surface area contributed by atoms with Crippen molar-refractivity contribution in [2.75, 3.05) is 24.6 Å². The molecule has 2 heterocycles. The van der Waals surface area contributed by atoms with Crippen LogP contribution >= 0.6 is 0 Å². The van der Waals surface area contributed by atoms with Crippen molar-refractivity contribution >= 4 is 5.82 Å². The molecule has 0 saturated carbocycles. The first-order chi connectivity index (χ1) is 7.23. The second-order valence-corrected chi connectivity index (χ2v) is 4.14. The number of rotatable bonds is 2. The molecule has 4 nitrogen and oxygen atoms in total. The van der Waals surface area contributed by atoms with Crippen LogP contribution in [0.1, 0.15) is 20.3 Å². The Bertz CT molecular complexity index is 317. The quantitative estimate of drug-likeness (QED) is 0.736. The second kappa shape index (κ2) is 4.14. The van der Waals surface area contributed by atoms with Crippen LogP contribution in [0.5, 0.6) is 0 Å². The summed E-state index contributed by atoms with van der Waals surface area (Å²) in [4.78, 5) is 10.6. The maximum Gasteiger partial charge on any atom is 0.147 e. The largest absolute Gasteiger partial charge is 0.372 e. The van der Waals surface area contributed by atoms with E-state index in [1.165, 1.54) is 0 Å². The van der Waals surface area contributed by atoms with Crippen LogP contribution in [0.4, 0.5) is 5.82 Å². The van der Waals surface area contributed by atoms with E-state index in [4.69, 9.17) is 4.74 Å². The molecule has 1 aromatic heterocycles. The van der Waals surface area contributed by atoms with E-state index in [-0.39, 0.29) is 5.60 Å². The zero-order valence-corrected chi connectivity index (χ0v) is 9.31. The Balaban J connectivity index is 2.11. The topological polar surface area (TPSA) is 38.2 Å². The molecule has 1 aliphatic heterocycles. The minimum absolute atomic E-state index is 0.0459. The third kappa shape index (κ3) is 2.26. The molecule has 2 rings (SSSR count). The molecule has 0 aliphatic carbocycles. The minimum atomic E-state index is -0.0459. The highest BCUT2D eigenvalue weighted by atomic mass is 16.5. The first kappa shape index (κ1) is 10.4. The summed E-state index contributed by atoms with van der Waals surface area (Å²) in [6.45, 7) is 6.85. The lowest BCUT2D eigenvalue weighted by Crippen LogP contribution is -2.50. The highest BCUT2D eigenvalue weighted by Gasteiger charge is 2.30. The first-order valence-corrected chi connectivity index (χ1v) is 5.38. The van der Waals surface area contributed by atoms with Gasteiger partial charge in [-0.25, -0.2) is 4.98 Å². The van der Waals surface area contributed by atoms with E-state index in [2.05, 4.69) is 28.7 Å². The van der Waals surface area contributed by atoms with Gasteiger partial charge in [-0.3, -0.25) is 4.98 Å². The molecular formula is C11H17N3O. The van der Waals surface area contributed by atoms with E-state index in [9.17, 15) is 0 Å². The van der Waals surface area contributed by atoms with Gasteiger partial charge in [0.2, 0.25) is 0 Å². The van der Waals surface area contributed by atoms with Crippen LogP contribution < -0.4 is 4.90 Å². The normalized spacial score (nSPS) is 26.7. The number of morpholine rings is 1. The number of nitrogens with zero attached hydrogens (tertiary/aromatic N) is 3. The van der Waals surface area contributed by atoms with Gasteiger partial charge in [-0.2, -0.15) is 0 Å². The van der Waals surface area contributed by atoms with Crippen LogP contribution in [-0.2, 0) is 4.74 Å². The predicted molar refractivity (Wildman–Crippen MR) is 58.9 cm³/mol. The smallest absolute Gasteiger partial charge is 0.147 e. The van der Waals surface area contributed by atoms with Gasteiger partial charge >= 0.3 is 0 Å². The lowest BCUT2D eigenvalue weighted by Gasteiger charge is -2.40. The Labute approximate surface area is 90.3 Å². The Kier molecular flexibility index (Phi) is 2.86.